The molecule has 6 nitrogen and oxygen atoms in total. The number of halogens is 2. The highest BCUT2D eigenvalue weighted by Gasteiger charge is 2.19. The zero-order chi connectivity index (χ0) is 24.0. The quantitative estimate of drug-likeness (QED) is 0.311. The smallest absolute Gasteiger partial charge is 0.410 e. The summed E-state index contributed by atoms with van der Waals surface area (Å²) in [6, 6.07) is 10.6. The van der Waals surface area contributed by atoms with Crippen LogP contribution >= 0.6 is 15.9 Å². The molecule has 0 aliphatic carbocycles. The first kappa shape index (κ1) is 25.0. The second-order valence-corrected chi connectivity index (χ2v) is 9.98. The Morgan fingerprint density at radius 3 is 2.61 bits per heavy atom. The largest absolute Gasteiger partial charge is 0.493 e. The maximum atomic E-state index is 14.8. The van der Waals surface area contributed by atoms with Crippen LogP contribution in [0.5, 0.6) is 5.75 Å². The Balaban J connectivity index is 1.41. The van der Waals surface area contributed by atoms with E-state index in [1.807, 2.05) is 39.0 Å². The van der Waals surface area contributed by atoms with E-state index in [0.29, 0.717) is 30.2 Å². The molecule has 0 saturated heterocycles. The summed E-state index contributed by atoms with van der Waals surface area (Å²) in [6.07, 6.45) is 3.40. The summed E-state index contributed by atoms with van der Waals surface area (Å²) >= 11 is 3.43. The summed E-state index contributed by atoms with van der Waals surface area (Å²) in [5.74, 6) is 0.137. The van der Waals surface area contributed by atoms with Gasteiger partial charge in [0.2, 0.25) is 0 Å². The van der Waals surface area contributed by atoms with Crippen LogP contribution < -0.4 is 4.74 Å². The first-order valence-corrected chi connectivity index (χ1v) is 11.9. The first-order valence-electron chi connectivity index (χ1n) is 11.1. The Bertz CT molecular complexity index is 1090. The number of carbonyl (C=O) groups is 1. The van der Waals surface area contributed by atoms with Crippen molar-refractivity contribution in [3.63, 3.8) is 0 Å². The van der Waals surface area contributed by atoms with E-state index in [1.165, 1.54) is 6.07 Å². The van der Waals surface area contributed by atoms with Crippen molar-refractivity contribution in [2.45, 2.75) is 52.1 Å². The summed E-state index contributed by atoms with van der Waals surface area (Å²) in [7, 11) is 1.75. The number of benzene rings is 2. The zero-order valence-corrected chi connectivity index (χ0v) is 21.2. The molecule has 0 atom stereocenters. The monoisotopic (exact) mass is 519 g/mol. The van der Waals surface area contributed by atoms with Gasteiger partial charge in [-0.1, -0.05) is 28.8 Å². The van der Waals surface area contributed by atoms with Crippen molar-refractivity contribution in [1.82, 2.24) is 15.1 Å². The van der Waals surface area contributed by atoms with Crippen LogP contribution in [0.3, 0.4) is 0 Å². The van der Waals surface area contributed by atoms with Gasteiger partial charge in [0.25, 0.3) is 0 Å². The summed E-state index contributed by atoms with van der Waals surface area (Å²) in [4.78, 5) is 13.5. The third-order valence-corrected chi connectivity index (χ3v) is 5.58. The van der Waals surface area contributed by atoms with Crippen LogP contribution in [0.4, 0.5) is 9.18 Å². The molecule has 3 rings (SSSR count). The fourth-order valence-electron chi connectivity index (χ4n) is 3.40. The summed E-state index contributed by atoms with van der Waals surface area (Å²) in [5.41, 5.74) is 1.38. The molecule has 8 heteroatoms. The lowest BCUT2D eigenvalue weighted by Crippen LogP contribution is -2.34. The predicted octanol–water partition coefficient (Wildman–Crippen LogP) is 6.94. The zero-order valence-electron chi connectivity index (χ0n) is 19.6. The van der Waals surface area contributed by atoms with E-state index in [-0.39, 0.29) is 11.9 Å². The van der Waals surface area contributed by atoms with E-state index in [2.05, 4.69) is 26.1 Å². The van der Waals surface area contributed by atoms with E-state index in [4.69, 9.17) is 9.47 Å². The molecule has 178 valence electrons. The number of nitrogens with one attached hydrogen (secondary N) is 1. The first-order chi connectivity index (χ1) is 15.6. The van der Waals surface area contributed by atoms with E-state index in [9.17, 15) is 9.18 Å². The average molecular weight is 520 g/mol. The van der Waals surface area contributed by atoms with Gasteiger partial charge in [-0.15, -0.1) is 0 Å². The van der Waals surface area contributed by atoms with E-state index >= 15 is 0 Å². The van der Waals surface area contributed by atoms with Crippen molar-refractivity contribution < 1.29 is 18.7 Å². The SMILES string of the molecule is CN(CCCCCCOc1ccc(-c2n[nH]c3cc(Br)ccc23)c(F)c1)C(=O)OC(C)(C)C. The molecule has 0 aliphatic rings. The minimum Gasteiger partial charge on any atom is -0.493 e. The van der Waals surface area contributed by atoms with Crippen LogP contribution in [0.1, 0.15) is 46.5 Å². The lowest BCUT2D eigenvalue weighted by Gasteiger charge is -2.24. The number of ether oxygens (including phenoxy) is 2. The van der Waals surface area contributed by atoms with Crippen LogP contribution in [-0.4, -0.2) is 47.0 Å². The number of unbranched alkanes of at least 4 members (excludes halogenated alkanes) is 3. The highest BCUT2D eigenvalue weighted by atomic mass is 79.9. The number of H-pyrrole nitrogens is 1. The van der Waals surface area contributed by atoms with Gasteiger partial charge in [-0.05, 0) is 63.9 Å². The number of hydrogen-bond acceptors (Lipinski definition) is 4. The topological polar surface area (TPSA) is 67.5 Å². The van der Waals surface area contributed by atoms with Gasteiger partial charge >= 0.3 is 6.09 Å². The second-order valence-electron chi connectivity index (χ2n) is 9.07. The fraction of sp³-hybridized carbons (Fsp3) is 0.440. The number of amides is 1. The third-order valence-electron chi connectivity index (χ3n) is 5.08. The number of carbonyl (C=O) groups excluding carboxylic acids is 1. The Kier molecular flexibility index (Phi) is 8.35. The molecule has 1 heterocycles. The average Bonchev–Trinajstić information content (AvgIpc) is 3.14. The Hall–Kier alpha value is -2.61. The predicted molar refractivity (Wildman–Crippen MR) is 132 cm³/mol. The van der Waals surface area contributed by atoms with Crippen molar-refractivity contribution in [3.8, 4) is 17.0 Å². The molecule has 0 fully saturated rings. The molecule has 0 spiro atoms. The van der Waals surface area contributed by atoms with E-state index in [0.717, 1.165) is 41.1 Å². The van der Waals surface area contributed by atoms with Gasteiger partial charge in [-0.3, -0.25) is 5.10 Å². The number of aromatic nitrogens is 2. The standard InChI is InChI=1S/C25H31BrFN3O3/c1-25(2,3)33-24(31)30(4)13-7-5-6-8-14-32-18-10-12-19(21(27)16-18)23-20-11-9-17(26)15-22(20)28-29-23/h9-12,15-16H,5-8,13-14H2,1-4H3,(H,28,29). The maximum absolute atomic E-state index is 14.8. The summed E-state index contributed by atoms with van der Waals surface area (Å²) < 4.78 is 26.8. The van der Waals surface area contributed by atoms with Gasteiger partial charge in [0.15, 0.2) is 0 Å². The molecule has 0 aliphatic heterocycles. The molecule has 1 aromatic heterocycles. The van der Waals surface area contributed by atoms with Crippen LogP contribution in [0.2, 0.25) is 0 Å². The Morgan fingerprint density at radius 1 is 1.12 bits per heavy atom. The van der Waals surface area contributed by atoms with Gasteiger partial charge in [0.05, 0.1) is 12.1 Å². The number of aromatic amines is 1. The summed E-state index contributed by atoms with van der Waals surface area (Å²) in [5, 5.41) is 8.09. The lowest BCUT2D eigenvalue weighted by atomic mass is 10.1. The molecule has 1 N–H and O–H groups in total. The normalized spacial score (nSPS) is 11.6. The molecular weight excluding hydrogens is 489 g/mol. The van der Waals surface area contributed by atoms with Crippen molar-refractivity contribution in [2.75, 3.05) is 20.2 Å². The molecule has 1 amide bonds. The molecule has 33 heavy (non-hydrogen) atoms. The molecule has 0 bridgehead atoms. The van der Waals surface area contributed by atoms with Gasteiger partial charge < -0.3 is 14.4 Å². The van der Waals surface area contributed by atoms with Crippen LogP contribution in [0, 0.1) is 5.82 Å². The van der Waals surface area contributed by atoms with Gasteiger partial charge in [-0.25, -0.2) is 9.18 Å². The molecule has 0 saturated carbocycles. The molecular formula is C25H31BrFN3O3. The van der Waals surface area contributed by atoms with Crippen LogP contribution in [-0.2, 0) is 4.74 Å². The molecule has 3 aromatic rings. The Labute approximate surface area is 202 Å². The Morgan fingerprint density at radius 2 is 1.88 bits per heavy atom. The second kappa shape index (κ2) is 11.0. The van der Waals surface area contributed by atoms with Crippen molar-refractivity contribution in [3.05, 3.63) is 46.7 Å². The third kappa shape index (κ3) is 7.19. The van der Waals surface area contributed by atoms with E-state index < -0.39 is 5.60 Å². The maximum Gasteiger partial charge on any atom is 0.410 e. The number of hydrogen-bond donors (Lipinski definition) is 1. The molecule has 0 unspecified atom stereocenters. The van der Waals surface area contributed by atoms with Gasteiger partial charge in [0.1, 0.15) is 22.9 Å². The highest BCUT2D eigenvalue weighted by molar-refractivity contribution is 9.10. The highest BCUT2D eigenvalue weighted by Crippen LogP contribution is 2.31. The van der Waals surface area contributed by atoms with Gasteiger partial charge in [-0.2, -0.15) is 5.10 Å². The molecule has 0 radical (unpaired) electrons. The van der Waals surface area contributed by atoms with Crippen molar-refractivity contribution in [2.24, 2.45) is 0 Å². The van der Waals surface area contributed by atoms with Crippen molar-refractivity contribution >= 4 is 32.9 Å². The van der Waals surface area contributed by atoms with Crippen LogP contribution in [0.15, 0.2) is 40.9 Å². The van der Waals surface area contributed by atoms with Gasteiger partial charge in [0, 0.05) is 35.1 Å². The number of fused-ring (bicyclic) bond motifs is 1. The van der Waals surface area contributed by atoms with Crippen molar-refractivity contribution in [1.29, 1.82) is 0 Å². The molecule has 2 aromatic carbocycles. The summed E-state index contributed by atoms with van der Waals surface area (Å²) in [6.45, 7) is 6.74. The number of nitrogens with zero attached hydrogens (tertiary/aromatic N) is 2. The minimum absolute atomic E-state index is 0.299. The minimum atomic E-state index is -0.482. The van der Waals surface area contributed by atoms with E-state index in [1.54, 1.807) is 24.1 Å². The lowest BCUT2D eigenvalue weighted by molar-refractivity contribution is 0.0296. The number of rotatable bonds is 9. The fourth-order valence-corrected chi connectivity index (χ4v) is 3.76. The van der Waals surface area contributed by atoms with Crippen LogP contribution in [0.25, 0.3) is 22.2 Å².